The fourth-order valence-corrected chi connectivity index (χ4v) is 2.09. The molecule has 0 radical (unpaired) electrons. The highest BCUT2D eigenvalue weighted by atomic mass is 15.1. The summed E-state index contributed by atoms with van der Waals surface area (Å²) in [4.78, 5) is 4.49. The number of hydrogen-bond donors (Lipinski definition) is 1. The van der Waals surface area contributed by atoms with Gasteiger partial charge in [-0.1, -0.05) is 34.6 Å². The summed E-state index contributed by atoms with van der Waals surface area (Å²) >= 11 is 0. The van der Waals surface area contributed by atoms with E-state index in [1.54, 1.807) is 0 Å². The van der Waals surface area contributed by atoms with Gasteiger partial charge in [-0.05, 0) is 18.4 Å². The van der Waals surface area contributed by atoms with E-state index in [4.69, 9.17) is 0 Å². The Balaban J connectivity index is 2.75. The van der Waals surface area contributed by atoms with Gasteiger partial charge < -0.3 is 9.88 Å². The van der Waals surface area contributed by atoms with Gasteiger partial charge in [-0.15, -0.1) is 0 Å². The van der Waals surface area contributed by atoms with Crippen molar-refractivity contribution in [1.82, 2.24) is 14.9 Å². The van der Waals surface area contributed by atoms with Gasteiger partial charge in [-0.3, -0.25) is 0 Å². The predicted octanol–water partition coefficient (Wildman–Crippen LogP) is 2.86. The first-order chi connectivity index (χ1) is 7.99. The third-order valence-corrected chi connectivity index (χ3v) is 3.15. The summed E-state index contributed by atoms with van der Waals surface area (Å²) in [6, 6.07) is 0.477. The summed E-state index contributed by atoms with van der Waals surface area (Å²) < 4.78 is 2.27. The number of aryl methyl sites for hydroxylation is 1. The van der Waals surface area contributed by atoms with Crippen molar-refractivity contribution in [2.75, 3.05) is 6.54 Å². The van der Waals surface area contributed by atoms with Crippen LogP contribution in [-0.2, 0) is 13.0 Å². The molecule has 0 aliphatic carbocycles. The molecule has 0 saturated carbocycles. The monoisotopic (exact) mass is 237 g/mol. The maximum Gasteiger partial charge on any atom is 0.110 e. The summed E-state index contributed by atoms with van der Waals surface area (Å²) in [5.74, 6) is 1.20. The summed E-state index contributed by atoms with van der Waals surface area (Å²) in [5.41, 5.74) is 0.263. The van der Waals surface area contributed by atoms with Crippen molar-refractivity contribution in [3.05, 3.63) is 18.2 Å². The van der Waals surface area contributed by atoms with Crippen LogP contribution in [0.2, 0.25) is 0 Å². The highest BCUT2D eigenvalue weighted by Gasteiger charge is 2.25. The van der Waals surface area contributed by atoms with Gasteiger partial charge >= 0.3 is 0 Å². The topological polar surface area (TPSA) is 29.9 Å². The SMILES string of the molecule is CCCn1ccnc1CC(NCC)C(C)(C)C. The van der Waals surface area contributed by atoms with Crippen molar-refractivity contribution in [3.8, 4) is 0 Å². The average molecular weight is 237 g/mol. The average Bonchev–Trinajstić information content (AvgIpc) is 2.64. The molecule has 0 aliphatic rings. The standard InChI is InChI=1S/C14H27N3/c1-6-9-17-10-8-16-13(17)11-12(15-7-2)14(3,4)5/h8,10,12,15H,6-7,9,11H2,1-5H3. The smallest absolute Gasteiger partial charge is 0.110 e. The Hall–Kier alpha value is -0.830. The number of nitrogens with one attached hydrogen (secondary N) is 1. The maximum atomic E-state index is 4.49. The van der Waals surface area contributed by atoms with E-state index in [-0.39, 0.29) is 5.41 Å². The molecule has 1 atom stereocenters. The van der Waals surface area contributed by atoms with Gasteiger partial charge in [0, 0.05) is 31.4 Å². The van der Waals surface area contributed by atoms with E-state index in [2.05, 4.69) is 55.7 Å². The van der Waals surface area contributed by atoms with E-state index in [9.17, 15) is 0 Å². The van der Waals surface area contributed by atoms with Crippen LogP contribution in [0.1, 0.15) is 46.9 Å². The second kappa shape index (κ2) is 6.20. The molecule has 1 heterocycles. The van der Waals surface area contributed by atoms with E-state index in [1.807, 2.05) is 6.20 Å². The van der Waals surface area contributed by atoms with E-state index in [0.29, 0.717) is 6.04 Å². The quantitative estimate of drug-likeness (QED) is 0.824. The molecule has 3 heteroatoms. The van der Waals surface area contributed by atoms with Crippen LogP contribution in [0.4, 0.5) is 0 Å². The molecule has 0 bridgehead atoms. The summed E-state index contributed by atoms with van der Waals surface area (Å²) in [7, 11) is 0. The summed E-state index contributed by atoms with van der Waals surface area (Å²) in [6.07, 6.45) is 6.16. The number of likely N-dealkylation sites (N-methyl/N-ethyl adjacent to an activating group) is 1. The summed E-state index contributed by atoms with van der Waals surface area (Å²) in [6.45, 7) is 13.3. The molecule has 98 valence electrons. The Bertz CT molecular complexity index is 322. The molecule has 0 saturated heterocycles. The molecule has 1 unspecified atom stereocenters. The minimum atomic E-state index is 0.263. The van der Waals surface area contributed by atoms with Gasteiger partial charge in [0.1, 0.15) is 5.82 Å². The lowest BCUT2D eigenvalue weighted by Gasteiger charge is -2.31. The molecule has 1 aromatic rings. The Kier molecular flexibility index (Phi) is 5.19. The van der Waals surface area contributed by atoms with Gasteiger partial charge in [0.2, 0.25) is 0 Å². The first kappa shape index (κ1) is 14.2. The second-order valence-corrected chi connectivity index (χ2v) is 5.72. The van der Waals surface area contributed by atoms with Crippen molar-refractivity contribution >= 4 is 0 Å². The van der Waals surface area contributed by atoms with Crippen molar-refractivity contribution in [2.24, 2.45) is 5.41 Å². The molecule has 0 aromatic carbocycles. The van der Waals surface area contributed by atoms with Crippen LogP contribution in [0.25, 0.3) is 0 Å². The van der Waals surface area contributed by atoms with Crippen LogP contribution in [0.3, 0.4) is 0 Å². The van der Waals surface area contributed by atoms with E-state index in [0.717, 1.165) is 25.9 Å². The lowest BCUT2D eigenvalue weighted by atomic mass is 9.84. The molecule has 1 aromatic heterocycles. The third-order valence-electron chi connectivity index (χ3n) is 3.15. The largest absolute Gasteiger partial charge is 0.335 e. The van der Waals surface area contributed by atoms with Crippen molar-refractivity contribution in [1.29, 1.82) is 0 Å². The number of aromatic nitrogens is 2. The van der Waals surface area contributed by atoms with Crippen molar-refractivity contribution in [2.45, 2.75) is 60.0 Å². The Morgan fingerprint density at radius 3 is 2.59 bits per heavy atom. The van der Waals surface area contributed by atoms with Crippen LogP contribution >= 0.6 is 0 Å². The minimum absolute atomic E-state index is 0.263. The lowest BCUT2D eigenvalue weighted by molar-refractivity contribution is 0.265. The highest BCUT2D eigenvalue weighted by molar-refractivity contribution is 4.98. The van der Waals surface area contributed by atoms with Crippen molar-refractivity contribution < 1.29 is 0 Å². The predicted molar refractivity (Wildman–Crippen MR) is 73.1 cm³/mol. The van der Waals surface area contributed by atoms with E-state index < -0.39 is 0 Å². The molecule has 17 heavy (non-hydrogen) atoms. The highest BCUT2D eigenvalue weighted by Crippen LogP contribution is 2.22. The van der Waals surface area contributed by atoms with Gasteiger partial charge in [0.15, 0.2) is 0 Å². The number of imidazole rings is 1. The maximum absolute atomic E-state index is 4.49. The zero-order chi connectivity index (χ0) is 12.9. The molecule has 0 fully saturated rings. The van der Waals surface area contributed by atoms with Crippen LogP contribution < -0.4 is 5.32 Å². The Morgan fingerprint density at radius 1 is 1.35 bits per heavy atom. The molecular weight excluding hydrogens is 210 g/mol. The van der Waals surface area contributed by atoms with Gasteiger partial charge in [-0.25, -0.2) is 4.98 Å². The first-order valence-electron chi connectivity index (χ1n) is 6.72. The zero-order valence-corrected chi connectivity index (χ0v) is 12.0. The molecule has 0 aliphatic heterocycles. The van der Waals surface area contributed by atoms with E-state index >= 15 is 0 Å². The first-order valence-corrected chi connectivity index (χ1v) is 6.72. The molecule has 0 spiro atoms. The fourth-order valence-electron chi connectivity index (χ4n) is 2.09. The Morgan fingerprint density at radius 2 is 2.06 bits per heavy atom. The molecule has 1 rings (SSSR count). The van der Waals surface area contributed by atoms with Crippen LogP contribution in [0.15, 0.2) is 12.4 Å². The van der Waals surface area contributed by atoms with E-state index in [1.165, 1.54) is 5.82 Å². The third kappa shape index (κ3) is 4.15. The van der Waals surface area contributed by atoms with Gasteiger partial charge in [0.25, 0.3) is 0 Å². The molecule has 3 nitrogen and oxygen atoms in total. The van der Waals surface area contributed by atoms with Crippen LogP contribution in [-0.4, -0.2) is 22.1 Å². The minimum Gasteiger partial charge on any atom is -0.335 e. The van der Waals surface area contributed by atoms with Gasteiger partial charge in [0.05, 0.1) is 0 Å². The number of hydrogen-bond acceptors (Lipinski definition) is 2. The second-order valence-electron chi connectivity index (χ2n) is 5.72. The van der Waals surface area contributed by atoms with Crippen LogP contribution in [0, 0.1) is 5.41 Å². The van der Waals surface area contributed by atoms with Gasteiger partial charge in [-0.2, -0.15) is 0 Å². The molecular formula is C14H27N3. The zero-order valence-electron chi connectivity index (χ0n) is 12.0. The Labute approximate surface area is 106 Å². The molecule has 0 amide bonds. The van der Waals surface area contributed by atoms with Crippen molar-refractivity contribution in [3.63, 3.8) is 0 Å². The lowest BCUT2D eigenvalue weighted by Crippen LogP contribution is -2.42. The number of rotatable bonds is 6. The van der Waals surface area contributed by atoms with Crippen LogP contribution in [0.5, 0.6) is 0 Å². The normalized spacial score (nSPS) is 13.9. The number of nitrogens with zero attached hydrogens (tertiary/aromatic N) is 2. The molecule has 1 N–H and O–H groups in total. The fraction of sp³-hybridized carbons (Fsp3) is 0.786. The summed E-state index contributed by atoms with van der Waals surface area (Å²) in [5, 5.41) is 3.58.